The van der Waals surface area contributed by atoms with Crippen molar-refractivity contribution in [3.05, 3.63) is 11.5 Å². The number of halogens is 1. The van der Waals surface area contributed by atoms with Crippen LogP contribution in [0.3, 0.4) is 0 Å². The summed E-state index contributed by atoms with van der Waals surface area (Å²) in [6.45, 7) is 0. The van der Waals surface area contributed by atoms with E-state index in [1.54, 1.807) is 5.41 Å². The molecule has 0 fully saturated rings. The summed E-state index contributed by atoms with van der Waals surface area (Å²) in [6.07, 6.45) is 2.44. The van der Waals surface area contributed by atoms with Crippen LogP contribution in [0.4, 0.5) is 4.39 Å². The van der Waals surface area contributed by atoms with Gasteiger partial charge in [0.05, 0.1) is 0 Å². The largest absolute Gasteiger partial charge is 0.235 e. The van der Waals surface area contributed by atoms with E-state index in [0.29, 0.717) is 6.42 Å². The van der Waals surface area contributed by atoms with Crippen molar-refractivity contribution in [2.75, 3.05) is 0 Å². The maximum Gasteiger partial charge on any atom is 0.153 e. The van der Waals surface area contributed by atoms with Gasteiger partial charge in [-0.1, -0.05) is 17.8 Å². The molecule has 2 heteroatoms. The first-order valence-electron chi connectivity index (χ1n) is 1.84. The maximum absolute atomic E-state index is 11.8. The van der Waals surface area contributed by atoms with Gasteiger partial charge in [0, 0.05) is 6.42 Å². The van der Waals surface area contributed by atoms with Crippen molar-refractivity contribution in [3.63, 3.8) is 0 Å². The fraction of sp³-hybridized carbons (Fsp3) is 0.500. The van der Waals surface area contributed by atoms with Crippen molar-refractivity contribution in [3.8, 4) is 0 Å². The molecule has 1 atom stereocenters. The van der Waals surface area contributed by atoms with Gasteiger partial charge >= 0.3 is 0 Å². The Bertz CT molecular complexity index is 61.9. The van der Waals surface area contributed by atoms with Crippen LogP contribution in [-0.4, -0.2) is 5.50 Å². The summed E-state index contributed by atoms with van der Waals surface area (Å²) in [6, 6.07) is 0. The Morgan fingerprint density at radius 3 is 2.83 bits per heavy atom. The number of allylic oxidation sites excluding steroid dienone is 1. The Hall–Kier alpha value is 0.0200. The van der Waals surface area contributed by atoms with E-state index in [1.165, 1.54) is 11.8 Å². The highest BCUT2D eigenvalue weighted by Crippen LogP contribution is 2.23. The van der Waals surface area contributed by atoms with Gasteiger partial charge in [0.2, 0.25) is 0 Å². The topological polar surface area (TPSA) is 0 Å². The molecule has 0 bridgehead atoms. The van der Waals surface area contributed by atoms with Crippen LogP contribution in [-0.2, 0) is 0 Å². The lowest BCUT2D eigenvalue weighted by Crippen LogP contribution is -1.79. The van der Waals surface area contributed by atoms with Crippen molar-refractivity contribution < 1.29 is 4.39 Å². The van der Waals surface area contributed by atoms with Crippen LogP contribution in [0.2, 0.25) is 0 Å². The minimum absolute atomic E-state index is 0.602. The third kappa shape index (κ3) is 0.744. The Balaban J connectivity index is 2.32. The van der Waals surface area contributed by atoms with Crippen molar-refractivity contribution in [2.24, 2.45) is 0 Å². The molecule has 1 rings (SSSR count). The average molecular weight is 104 g/mol. The predicted molar refractivity (Wildman–Crippen MR) is 26.2 cm³/mol. The van der Waals surface area contributed by atoms with Gasteiger partial charge < -0.3 is 0 Å². The van der Waals surface area contributed by atoms with Crippen molar-refractivity contribution in [1.29, 1.82) is 0 Å². The lowest BCUT2D eigenvalue weighted by molar-refractivity contribution is 0.462. The summed E-state index contributed by atoms with van der Waals surface area (Å²) >= 11 is 1.25. The van der Waals surface area contributed by atoms with Crippen LogP contribution < -0.4 is 0 Å². The standard InChI is InChI=1S/C4H5FS/c5-4-2-1-3-6-4/h1,3-4H,2H2. The van der Waals surface area contributed by atoms with E-state index in [2.05, 4.69) is 0 Å². The molecule has 1 aliphatic rings. The molecule has 0 aromatic heterocycles. The summed E-state index contributed by atoms with van der Waals surface area (Å²) in [5.41, 5.74) is -0.648. The van der Waals surface area contributed by atoms with E-state index in [1.807, 2.05) is 6.08 Å². The van der Waals surface area contributed by atoms with E-state index in [-0.39, 0.29) is 0 Å². The van der Waals surface area contributed by atoms with Crippen LogP contribution in [0.15, 0.2) is 11.5 Å². The molecule has 0 N–H and O–H groups in total. The Morgan fingerprint density at radius 1 is 1.83 bits per heavy atom. The SMILES string of the molecule is FC1CC=CS1. The van der Waals surface area contributed by atoms with Crippen LogP contribution in [0.5, 0.6) is 0 Å². The second-order valence-corrected chi connectivity index (χ2v) is 2.21. The van der Waals surface area contributed by atoms with Gasteiger partial charge in [0.1, 0.15) is 0 Å². The molecule has 0 spiro atoms. The molecule has 0 aliphatic carbocycles. The van der Waals surface area contributed by atoms with E-state index in [4.69, 9.17) is 0 Å². The molecular weight excluding hydrogens is 99.1 g/mol. The lowest BCUT2D eigenvalue weighted by Gasteiger charge is -1.87. The Kier molecular flexibility index (Phi) is 1.15. The van der Waals surface area contributed by atoms with Gasteiger partial charge in [-0.15, -0.1) is 0 Å². The summed E-state index contributed by atoms with van der Waals surface area (Å²) < 4.78 is 11.8. The first kappa shape index (κ1) is 4.19. The van der Waals surface area contributed by atoms with Crippen molar-refractivity contribution in [2.45, 2.75) is 11.9 Å². The highest BCUT2D eigenvalue weighted by molar-refractivity contribution is 8.02. The first-order chi connectivity index (χ1) is 2.89. The van der Waals surface area contributed by atoms with Crippen molar-refractivity contribution >= 4 is 11.8 Å². The number of hydrogen-bond acceptors (Lipinski definition) is 1. The molecular formula is C4H5FS. The third-order valence-electron chi connectivity index (χ3n) is 0.644. The molecule has 34 valence electrons. The molecule has 0 amide bonds. The number of rotatable bonds is 0. The zero-order valence-corrected chi connectivity index (χ0v) is 4.04. The Morgan fingerprint density at radius 2 is 2.67 bits per heavy atom. The highest BCUT2D eigenvalue weighted by Gasteiger charge is 2.05. The van der Waals surface area contributed by atoms with Crippen LogP contribution in [0.1, 0.15) is 6.42 Å². The van der Waals surface area contributed by atoms with Crippen LogP contribution >= 0.6 is 11.8 Å². The Labute approximate surface area is 40.4 Å². The zero-order chi connectivity index (χ0) is 4.41. The number of thioether (sulfide) groups is 1. The molecule has 0 nitrogen and oxygen atoms in total. The summed E-state index contributed by atoms with van der Waals surface area (Å²) in [7, 11) is 0. The van der Waals surface area contributed by atoms with Crippen LogP contribution in [0, 0.1) is 0 Å². The fourth-order valence-electron chi connectivity index (χ4n) is 0.359. The second kappa shape index (κ2) is 1.65. The zero-order valence-electron chi connectivity index (χ0n) is 3.23. The molecule has 1 aliphatic heterocycles. The molecule has 1 unspecified atom stereocenters. The highest BCUT2D eigenvalue weighted by atomic mass is 32.2. The maximum atomic E-state index is 11.8. The van der Waals surface area contributed by atoms with Gasteiger partial charge in [-0.25, -0.2) is 4.39 Å². The van der Waals surface area contributed by atoms with E-state index < -0.39 is 5.50 Å². The summed E-state index contributed by atoms with van der Waals surface area (Å²) in [4.78, 5) is 0. The van der Waals surface area contributed by atoms with Gasteiger partial charge in [-0.2, -0.15) is 0 Å². The van der Waals surface area contributed by atoms with E-state index >= 15 is 0 Å². The van der Waals surface area contributed by atoms with Crippen LogP contribution in [0.25, 0.3) is 0 Å². The minimum atomic E-state index is -0.648. The number of alkyl halides is 1. The summed E-state index contributed by atoms with van der Waals surface area (Å²) in [5.74, 6) is 0. The number of hydrogen-bond donors (Lipinski definition) is 0. The quantitative estimate of drug-likeness (QED) is 0.452. The molecule has 6 heavy (non-hydrogen) atoms. The van der Waals surface area contributed by atoms with Gasteiger partial charge in [-0.3, -0.25) is 0 Å². The molecule has 0 saturated carbocycles. The predicted octanol–water partition coefficient (Wildman–Crippen LogP) is 1.93. The summed E-state index contributed by atoms with van der Waals surface area (Å²) in [5, 5.41) is 1.80. The van der Waals surface area contributed by atoms with E-state index in [0.717, 1.165) is 0 Å². The molecule has 0 aromatic carbocycles. The fourth-order valence-corrected chi connectivity index (χ4v) is 0.974. The normalized spacial score (nSPS) is 31.8. The van der Waals surface area contributed by atoms with Gasteiger partial charge in [-0.05, 0) is 5.41 Å². The average Bonchev–Trinajstić information content (AvgIpc) is 1.86. The van der Waals surface area contributed by atoms with E-state index in [9.17, 15) is 4.39 Å². The smallest absolute Gasteiger partial charge is 0.153 e. The first-order valence-corrected chi connectivity index (χ1v) is 2.78. The van der Waals surface area contributed by atoms with Gasteiger partial charge in [0.15, 0.2) is 5.50 Å². The molecule has 0 saturated heterocycles. The van der Waals surface area contributed by atoms with Gasteiger partial charge in [0.25, 0.3) is 0 Å². The lowest BCUT2D eigenvalue weighted by atomic mass is 10.5. The molecule has 0 aromatic rings. The third-order valence-corrected chi connectivity index (χ3v) is 1.48. The minimum Gasteiger partial charge on any atom is -0.235 e. The van der Waals surface area contributed by atoms with Crippen molar-refractivity contribution in [1.82, 2.24) is 0 Å². The molecule has 0 radical (unpaired) electrons. The monoisotopic (exact) mass is 104 g/mol. The second-order valence-electron chi connectivity index (χ2n) is 1.15. The molecule has 1 heterocycles.